The van der Waals surface area contributed by atoms with Gasteiger partial charge >= 0.3 is 0 Å². The van der Waals surface area contributed by atoms with E-state index < -0.39 is 0 Å². The van der Waals surface area contributed by atoms with Crippen molar-refractivity contribution in [3.63, 3.8) is 0 Å². The molecule has 2 heterocycles. The standard InChI is InChI=1S/C13H15FN4/c1-3-4-12-17-11(6-13(15-2)18-12)9-5-10(14)8-16-7-9/h5-8H,3-4H2,1-2H3,(H,15,17,18). The molecule has 0 bridgehead atoms. The van der Waals surface area contributed by atoms with Crippen molar-refractivity contribution >= 4 is 5.82 Å². The molecule has 18 heavy (non-hydrogen) atoms. The summed E-state index contributed by atoms with van der Waals surface area (Å²) in [6.45, 7) is 2.07. The number of rotatable bonds is 4. The molecular formula is C13H15FN4. The van der Waals surface area contributed by atoms with Crippen LogP contribution in [0.1, 0.15) is 19.2 Å². The molecule has 0 saturated heterocycles. The molecule has 0 unspecified atom stereocenters. The molecule has 0 amide bonds. The Morgan fingerprint density at radius 1 is 1.22 bits per heavy atom. The van der Waals surface area contributed by atoms with Crippen LogP contribution in [0.3, 0.4) is 0 Å². The summed E-state index contributed by atoms with van der Waals surface area (Å²) in [6.07, 6.45) is 4.54. The van der Waals surface area contributed by atoms with E-state index >= 15 is 0 Å². The van der Waals surface area contributed by atoms with Crippen molar-refractivity contribution in [1.82, 2.24) is 15.0 Å². The fraction of sp³-hybridized carbons (Fsp3) is 0.308. The van der Waals surface area contributed by atoms with Crippen molar-refractivity contribution in [1.29, 1.82) is 0 Å². The van der Waals surface area contributed by atoms with Crippen LogP contribution >= 0.6 is 0 Å². The lowest BCUT2D eigenvalue weighted by Crippen LogP contribution is -2.01. The average Bonchev–Trinajstić information content (AvgIpc) is 2.39. The summed E-state index contributed by atoms with van der Waals surface area (Å²) in [5, 5.41) is 2.99. The average molecular weight is 246 g/mol. The van der Waals surface area contributed by atoms with Gasteiger partial charge in [-0.1, -0.05) is 6.92 Å². The first-order valence-corrected chi connectivity index (χ1v) is 5.89. The second-order valence-electron chi connectivity index (χ2n) is 3.95. The van der Waals surface area contributed by atoms with Crippen LogP contribution in [0.4, 0.5) is 10.2 Å². The molecule has 2 aromatic heterocycles. The van der Waals surface area contributed by atoms with Gasteiger partial charge < -0.3 is 5.32 Å². The van der Waals surface area contributed by atoms with Crippen LogP contribution in [0.15, 0.2) is 24.5 Å². The molecule has 0 spiro atoms. The fourth-order valence-corrected chi connectivity index (χ4v) is 1.66. The summed E-state index contributed by atoms with van der Waals surface area (Å²) in [5.74, 6) is 1.12. The minimum atomic E-state index is -0.367. The van der Waals surface area contributed by atoms with Gasteiger partial charge in [-0.2, -0.15) is 0 Å². The smallest absolute Gasteiger partial charge is 0.142 e. The quantitative estimate of drug-likeness (QED) is 0.901. The van der Waals surface area contributed by atoms with E-state index in [1.165, 1.54) is 12.3 Å². The maximum absolute atomic E-state index is 13.2. The van der Waals surface area contributed by atoms with E-state index in [4.69, 9.17) is 0 Å². The van der Waals surface area contributed by atoms with E-state index in [2.05, 4.69) is 27.2 Å². The summed E-state index contributed by atoms with van der Waals surface area (Å²) in [7, 11) is 1.80. The zero-order chi connectivity index (χ0) is 13.0. The summed E-state index contributed by atoms with van der Waals surface area (Å²) < 4.78 is 13.2. The lowest BCUT2D eigenvalue weighted by Gasteiger charge is -2.07. The van der Waals surface area contributed by atoms with Crippen LogP contribution in [0.5, 0.6) is 0 Å². The first kappa shape index (κ1) is 12.4. The van der Waals surface area contributed by atoms with Gasteiger partial charge in [0.15, 0.2) is 0 Å². The number of nitrogens with zero attached hydrogens (tertiary/aromatic N) is 3. The Morgan fingerprint density at radius 2 is 2.06 bits per heavy atom. The zero-order valence-corrected chi connectivity index (χ0v) is 10.4. The Bertz CT molecular complexity index is 542. The molecule has 0 atom stereocenters. The van der Waals surface area contributed by atoms with Crippen molar-refractivity contribution < 1.29 is 4.39 Å². The third-order valence-electron chi connectivity index (χ3n) is 2.50. The molecule has 2 rings (SSSR count). The summed E-state index contributed by atoms with van der Waals surface area (Å²) in [5.41, 5.74) is 1.34. The minimum Gasteiger partial charge on any atom is -0.373 e. The number of pyridine rings is 1. The van der Waals surface area contributed by atoms with E-state index in [-0.39, 0.29) is 5.82 Å². The minimum absolute atomic E-state index is 0.367. The highest BCUT2D eigenvalue weighted by Gasteiger charge is 2.06. The van der Waals surface area contributed by atoms with Gasteiger partial charge in [0.05, 0.1) is 11.9 Å². The van der Waals surface area contributed by atoms with Gasteiger partial charge in [0, 0.05) is 31.3 Å². The maximum atomic E-state index is 13.2. The SMILES string of the molecule is CCCc1nc(NC)cc(-c2cncc(F)c2)n1. The molecule has 2 aromatic rings. The van der Waals surface area contributed by atoms with Crippen molar-refractivity contribution in [2.75, 3.05) is 12.4 Å². The lowest BCUT2D eigenvalue weighted by atomic mass is 10.2. The molecule has 0 aliphatic heterocycles. The molecule has 5 heteroatoms. The number of aromatic nitrogens is 3. The Balaban J connectivity index is 2.46. The Morgan fingerprint density at radius 3 is 2.72 bits per heavy atom. The summed E-state index contributed by atoms with van der Waals surface area (Å²) >= 11 is 0. The van der Waals surface area contributed by atoms with Gasteiger partial charge in [0.25, 0.3) is 0 Å². The number of hydrogen-bond donors (Lipinski definition) is 1. The molecule has 0 saturated carbocycles. The third-order valence-corrected chi connectivity index (χ3v) is 2.50. The lowest BCUT2D eigenvalue weighted by molar-refractivity contribution is 0.622. The van der Waals surface area contributed by atoms with Crippen LogP contribution in [0.2, 0.25) is 0 Å². The van der Waals surface area contributed by atoms with Crippen LogP contribution in [0, 0.1) is 5.82 Å². The Hall–Kier alpha value is -2.04. The summed E-state index contributed by atoms with van der Waals surface area (Å²) in [6, 6.07) is 3.21. The Kier molecular flexibility index (Phi) is 3.82. The fourth-order valence-electron chi connectivity index (χ4n) is 1.66. The second kappa shape index (κ2) is 5.53. The highest BCUT2D eigenvalue weighted by atomic mass is 19.1. The predicted molar refractivity (Wildman–Crippen MR) is 68.8 cm³/mol. The molecule has 0 aromatic carbocycles. The van der Waals surface area contributed by atoms with Crippen molar-refractivity contribution in [3.8, 4) is 11.3 Å². The summed E-state index contributed by atoms with van der Waals surface area (Å²) in [4.78, 5) is 12.6. The number of hydrogen-bond acceptors (Lipinski definition) is 4. The van der Waals surface area contributed by atoms with Crippen LogP contribution in [-0.4, -0.2) is 22.0 Å². The first-order chi connectivity index (χ1) is 8.72. The molecular weight excluding hydrogens is 231 g/mol. The first-order valence-electron chi connectivity index (χ1n) is 5.89. The topological polar surface area (TPSA) is 50.7 Å². The van der Waals surface area contributed by atoms with E-state index in [1.54, 1.807) is 19.3 Å². The van der Waals surface area contributed by atoms with Crippen LogP contribution in [0.25, 0.3) is 11.3 Å². The number of nitrogens with one attached hydrogen (secondary N) is 1. The largest absolute Gasteiger partial charge is 0.373 e. The van der Waals surface area contributed by atoms with E-state index in [0.717, 1.165) is 24.5 Å². The van der Waals surface area contributed by atoms with Crippen LogP contribution in [-0.2, 0) is 6.42 Å². The highest BCUT2D eigenvalue weighted by Crippen LogP contribution is 2.20. The van der Waals surface area contributed by atoms with Gasteiger partial charge in [-0.25, -0.2) is 14.4 Å². The van der Waals surface area contributed by atoms with Crippen LogP contribution < -0.4 is 5.32 Å². The Labute approximate surface area is 105 Å². The van der Waals surface area contributed by atoms with Crippen molar-refractivity contribution in [2.45, 2.75) is 19.8 Å². The van der Waals surface area contributed by atoms with Gasteiger partial charge in [0.1, 0.15) is 17.5 Å². The van der Waals surface area contributed by atoms with Gasteiger partial charge in [0.2, 0.25) is 0 Å². The molecule has 0 aliphatic carbocycles. The third kappa shape index (κ3) is 2.80. The zero-order valence-electron chi connectivity index (χ0n) is 10.4. The molecule has 0 radical (unpaired) electrons. The normalized spacial score (nSPS) is 10.4. The van der Waals surface area contributed by atoms with Crippen molar-refractivity contribution in [3.05, 3.63) is 36.2 Å². The highest BCUT2D eigenvalue weighted by molar-refractivity contribution is 5.61. The molecule has 94 valence electrons. The van der Waals surface area contributed by atoms with E-state index in [1.807, 2.05) is 0 Å². The van der Waals surface area contributed by atoms with E-state index in [0.29, 0.717) is 11.3 Å². The second-order valence-corrected chi connectivity index (χ2v) is 3.95. The molecule has 1 N–H and O–H groups in total. The van der Waals surface area contributed by atoms with Gasteiger partial charge in [-0.3, -0.25) is 4.98 Å². The number of anilines is 1. The maximum Gasteiger partial charge on any atom is 0.142 e. The predicted octanol–water partition coefficient (Wildman–Crippen LogP) is 2.67. The molecule has 0 aliphatic rings. The van der Waals surface area contributed by atoms with E-state index in [9.17, 15) is 4.39 Å². The number of halogens is 1. The number of aryl methyl sites for hydroxylation is 1. The van der Waals surface area contributed by atoms with Gasteiger partial charge in [-0.15, -0.1) is 0 Å². The van der Waals surface area contributed by atoms with Crippen molar-refractivity contribution in [2.24, 2.45) is 0 Å². The molecule has 4 nitrogen and oxygen atoms in total. The molecule has 0 fully saturated rings. The monoisotopic (exact) mass is 246 g/mol. The van der Waals surface area contributed by atoms with Gasteiger partial charge in [-0.05, 0) is 12.5 Å².